The Balaban J connectivity index is 1.84. The summed E-state index contributed by atoms with van der Waals surface area (Å²) < 4.78 is 29.1. The van der Waals surface area contributed by atoms with Gasteiger partial charge in [-0.25, -0.2) is 8.78 Å². The van der Waals surface area contributed by atoms with Gasteiger partial charge in [-0.15, -0.1) is 0 Å². The van der Waals surface area contributed by atoms with E-state index in [1.807, 2.05) is 0 Å². The van der Waals surface area contributed by atoms with E-state index in [1.54, 1.807) is 67.6 Å². The van der Waals surface area contributed by atoms with Crippen molar-refractivity contribution in [2.75, 3.05) is 0 Å². The fourth-order valence-electron chi connectivity index (χ4n) is 3.06. The van der Waals surface area contributed by atoms with Crippen LogP contribution in [0.4, 0.5) is 8.78 Å². The molecule has 1 atom stereocenters. The lowest BCUT2D eigenvalue weighted by atomic mass is 9.99. The summed E-state index contributed by atoms with van der Waals surface area (Å²) in [6.45, 7) is 1.73. The molecule has 0 aliphatic carbocycles. The molecule has 2 nitrogen and oxygen atoms in total. The normalized spacial score (nSPS) is 12.7. The molecular formula is C23H22F2O2. The highest BCUT2D eigenvalue weighted by atomic mass is 19.2. The second-order valence-corrected chi connectivity index (χ2v) is 6.76. The summed E-state index contributed by atoms with van der Waals surface area (Å²) in [6, 6.07) is 13.3. The zero-order valence-corrected chi connectivity index (χ0v) is 15.1. The second kappa shape index (κ2) is 8.31. The third kappa shape index (κ3) is 4.52. The number of rotatable bonds is 6. The van der Waals surface area contributed by atoms with Crippen molar-refractivity contribution in [2.45, 2.75) is 32.3 Å². The van der Waals surface area contributed by atoms with Gasteiger partial charge in [-0.3, -0.25) is 0 Å². The van der Waals surface area contributed by atoms with Gasteiger partial charge in [0.05, 0.1) is 6.10 Å². The first-order valence-corrected chi connectivity index (χ1v) is 9.01. The van der Waals surface area contributed by atoms with Crippen LogP contribution in [0.15, 0.2) is 54.6 Å². The first-order valence-electron chi connectivity index (χ1n) is 9.01. The maximum atomic E-state index is 14.6. The molecule has 0 aromatic heterocycles. The number of hydrogen-bond acceptors (Lipinski definition) is 2. The molecule has 140 valence electrons. The SMILES string of the molecule is CC(O)CCCC=Cc1ccc(-c2ccc3cc(O)ccc3c2)c(F)c1F. The molecule has 3 aromatic rings. The Morgan fingerprint density at radius 3 is 2.48 bits per heavy atom. The van der Waals surface area contributed by atoms with Crippen molar-refractivity contribution in [3.63, 3.8) is 0 Å². The minimum Gasteiger partial charge on any atom is -0.508 e. The average Bonchev–Trinajstić information content (AvgIpc) is 2.64. The smallest absolute Gasteiger partial charge is 0.167 e. The molecule has 4 heteroatoms. The number of halogens is 2. The van der Waals surface area contributed by atoms with E-state index in [1.165, 1.54) is 0 Å². The topological polar surface area (TPSA) is 40.5 Å². The van der Waals surface area contributed by atoms with Crippen molar-refractivity contribution in [3.8, 4) is 16.9 Å². The summed E-state index contributed by atoms with van der Waals surface area (Å²) in [7, 11) is 0. The van der Waals surface area contributed by atoms with E-state index in [-0.39, 0.29) is 23.0 Å². The number of benzene rings is 3. The van der Waals surface area contributed by atoms with Crippen LogP contribution in [0.3, 0.4) is 0 Å². The standard InChI is InChI=1S/C23H22F2O2/c1-15(26)5-3-2-4-6-16-10-12-21(23(25)22(16)24)19-8-7-18-14-20(27)11-9-17(18)13-19/h4,6-15,26-27H,2-3,5H2,1H3. The van der Waals surface area contributed by atoms with E-state index in [4.69, 9.17) is 0 Å². The Morgan fingerprint density at radius 1 is 0.963 bits per heavy atom. The van der Waals surface area contributed by atoms with Gasteiger partial charge in [0.2, 0.25) is 0 Å². The van der Waals surface area contributed by atoms with Crippen LogP contribution in [-0.2, 0) is 0 Å². The fourth-order valence-corrected chi connectivity index (χ4v) is 3.06. The van der Waals surface area contributed by atoms with E-state index in [0.29, 0.717) is 18.4 Å². The summed E-state index contributed by atoms with van der Waals surface area (Å²) in [5.74, 6) is -1.58. The highest BCUT2D eigenvalue weighted by Crippen LogP contribution is 2.30. The third-order valence-corrected chi connectivity index (χ3v) is 4.54. The lowest BCUT2D eigenvalue weighted by molar-refractivity contribution is 0.182. The van der Waals surface area contributed by atoms with Crippen molar-refractivity contribution >= 4 is 16.8 Å². The van der Waals surface area contributed by atoms with Crippen LogP contribution >= 0.6 is 0 Å². The van der Waals surface area contributed by atoms with Gasteiger partial charge >= 0.3 is 0 Å². The van der Waals surface area contributed by atoms with Gasteiger partial charge in [-0.2, -0.15) is 0 Å². The number of aliphatic hydroxyl groups is 1. The highest BCUT2D eigenvalue weighted by molar-refractivity contribution is 5.88. The van der Waals surface area contributed by atoms with Crippen LogP contribution in [0.25, 0.3) is 28.0 Å². The van der Waals surface area contributed by atoms with Crippen LogP contribution < -0.4 is 0 Å². The van der Waals surface area contributed by atoms with Crippen LogP contribution in [0.2, 0.25) is 0 Å². The molecule has 3 rings (SSSR count). The monoisotopic (exact) mass is 368 g/mol. The molecule has 0 saturated heterocycles. The number of phenols is 1. The van der Waals surface area contributed by atoms with Crippen molar-refractivity contribution in [1.82, 2.24) is 0 Å². The zero-order chi connectivity index (χ0) is 19.4. The Hall–Kier alpha value is -2.72. The summed E-state index contributed by atoms with van der Waals surface area (Å²) in [4.78, 5) is 0. The molecule has 0 aliphatic heterocycles. The number of unbranched alkanes of at least 4 members (excludes halogenated alkanes) is 1. The molecule has 0 heterocycles. The molecule has 1 unspecified atom stereocenters. The Bertz CT molecular complexity index is 978. The number of phenolic OH excluding ortho intramolecular Hbond substituents is 1. The van der Waals surface area contributed by atoms with Crippen LogP contribution in [0.1, 0.15) is 31.7 Å². The highest BCUT2D eigenvalue weighted by Gasteiger charge is 2.14. The van der Waals surface area contributed by atoms with E-state index < -0.39 is 11.6 Å². The quantitative estimate of drug-likeness (QED) is 0.520. The van der Waals surface area contributed by atoms with Gasteiger partial charge in [0.1, 0.15) is 5.75 Å². The maximum Gasteiger partial charge on any atom is 0.167 e. The predicted molar refractivity (Wildman–Crippen MR) is 106 cm³/mol. The van der Waals surface area contributed by atoms with Crippen molar-refractivity contribution in [3.05, 3.63) is 71.8 Å². The van der Waals surface area contributed by atoms with E-state index >= 15 is 0 Å². The molecule has 0 aliphatic rings. The van der Waals surface area contributed by atoms with E-state index in [9.17, 15) is 19.0 Å². The number of aromatic hydroxyl groups is 1. The number of fused-ring (bicyclic) bond motifs is 1. The van der Waals surface area contributed by atoms with Crippen LogP contribution in [0, 0.1) is 11.6 Å². The van der Waals surface area contributed by atoms with E-state index in [0.717, 1.165) is 17.2 Å². The predicted octanol–water partition coefficient (Wildman–Crippen LogP) is 6.05. The lowest BCUT2D eigenvalue weighted by Crippen LogP contribution is -1.97. The molecular weight excluding hydrogens is 346 g/mol. The largest absolute Gasteiger partial charge is 0.508 e. The maximum absolute atomic E-state index is 14.6. The van der Waals surface area contributed by atoms with Crippen LogP contribution in [-0.4, -0.2) is 16.3 Å². The van der Waals surface area contributed by atoms with Crippen LogP contribution in [0.5, 0.6) is 5.75 Å². The number of hydrogen-bond donors (Lipinski definition) is 2. The van der Waals surface area contributed by atoms with Crippen molar-refractivity contribution in [1.29, 1.82) is 0 Å². The first-order chi connectivity index (χ1) is 13.0. The first kappa shape index (κ1) is 19.1. The number of allylic oxidation sites excluding steroid dienone is 1. The lowest BCUT2D eigenvalue weighted by Gasteiger charge is -2.08. The third-order valence-electron chi connectivity index (χ3n) is 4.54. The minimum atomic E-state index is -0.876. The Morgan fingerprint density at radius 2 is 1.70 bits per heavy atom. The number of aliphatic hydroxyl groups excluding tert-OH is 1. The van der Waals surface area contributed by atoms with E-state index in [2.05, 4.69) is 0 Å². The van der Waals surface area contributed by atoms with Gasteiger partial charge in [0.25, 0.3) is 0 Å². The molecule has 2 N–H and O–H groups in total. The molecule has 0 radical (unpaired) electrons. The molecule has 3 aromatic carbocycles. The molecule has 0 amide bonds. The molecule has 0 saturated carbocycles. The van der Waals surface area contributed by atoms with Gasteiger partial charge in [-0.1, -0.05) is 42.5 Å². The fraction of sp³-hybridized carbons (Fsp3) is 0.217. The van der Waals surface area contributed by atoms with Gasteiger partial charge in [-0.05, 0) is 60.7 Å². The summed E-state index contributed by atoms with van der Waals surface area (Å²) in [5, 5.41) is 20.4. The van der Waals surface area contributed by atoms with Crippen molar-refractivity contribution in [2.24, 2.45) is 0 Å². The second-order valence-electron chi connectivity index (χ2n) is 6.76. The summed E-state index contributed by atoms with van der Waals surface area (Å²) in [6.07, 6.45) is 5.20. The summed E-state index contributed by atoms with van der Waals surface area (Å²) in [5.41, 5.74) is 0.991. The van der Waals surface area contributed by atoms with Gasteiger partial charge < -0.3 is 10.2 Å². The van der Waals surface area contributed by atoms with Crippen molar-refractivity contribution < 1.29 is 19.0 Å². The molecule has 0 fully saturated rings. The Kier molecular flexibility index (Phi) is 5.87. The molecule has 0 bridgehead atoms. The molecule has 27 heavy (non-hydrogen) atoms. The zero-order valence-electron chi connectivity index (χ0n) is 15.1. The van der Waals surface area contributed by atoms with Gasteiger partial charge in [0.15, 0.2) is 11.6 Å². The summed E-state index contributed by atoms with van der Waals surface area (Å²) >= 11 is 0. The molecule has 0 spiro atoms. The Labute approximate surface area is 157 Å². The average molecular weight is 368 g/mol. The minimum absolute atomic E-state index is 0.164. The van der Waals surface area contributed by atoms with Gasteiger partial charge in [0, 0.05) is 11.1 Å².